The van der Waals surface area contributed by atoms with Gasteiger partial charge in [-0.05, 0) is 19.0 Å². The van der Waals surface area contributed by atoms with E-state index in [-0.39, 0.29) is 12.1 Å². The molecule has 1 aliphatic rings. The van der Waals surface area contributed by atoms with E-state index in [0.29, 0.717) is 0 Å². The SMILES string of the molecule is CCN1CCN(C(=O)N[C@H](C)c2cnn(Cc3ccccc3)c2)CC1. The molecule has 0 unspecified atom stereocenters. The number of hydrogen-bond acceptors (Lipinski definition) is 3. The van der Waals surface area contributed by atoms with Gasteiger partial charge in [0.05, 0.1) is 18.8 Å². The van der Waals surface area contributed by atoms with Crippen LogP contribution in [0.2, 0.25) is 0 Å². The van der Waals surface area contributed by atoms with E-state index in [0.717, 1.165) is 44.8 Å². The second kappa shape index (κ2) is 8.16. The van der Waals surface area contributed by atoms with Crippen LogP contribution in [0.15, 0.2) is 42.7 Å². The minimum atomic E-state index is -0.0544. The maximum absolute atomic E-state index is 12.4. The molecule has 6 nitrogen and oxygen atoms in total. The minimum absolute atomic E-state index is 0.0130. The third kappa shape index (κ3) is 4.60. The number of carbonyl (C=O) groups excluding carboxylic acids is 1. The Balaban J connectivity index is 1.53. The van der Waals surface area contributed by atoms with Crippen molar-refractivity contribution in [2.45, 2.75) is 26.4 Å². The lowest BCUT2D eigenvalue weighted by molar-refractivity contribution is 0.141. The summed E-state index contributed by atoms with van der Waals surface area (Å²) < 4.78 is 1.91. The first kappa shape index (κ1) is 17.5. The Morgan fingerprint density at radius 2 is 1.92 bits per heavy atom. The van der Waals surface area contributed by atoms with Crippen LogP contribution in [0.5, 0.6) is 0 Å². The second-order valence-electron chi connectivity index (χ2n) is 6.55. The number of rotatable bonds is 5. The Kier molecular flexibility index (Phi) is 5.71. The monoisotopic (exact) mass is 341 g/mol. The summed E-state index contributed by atoms with van der Waals surface area (Å²) in [7, 11) is 0. The number of benzene rings is 1. The van der Waals surface area contributed by atoms with E-state index in [4.69, 9.17) is 0 Å². The number of carbonyl (C=O) groups is 1. The van der Waals surface area contributed by atoms with E-state index >= 15 is 0 Å². The van der Waals surface area contributed by atoms with Crippen LogP contribution in [0, 0.1) is 0 Å². The Labute approximate surface area is 149 Å². The zero-order valence-corrected chi connectivity index (χ0v) is 15.1. The van der Waals surface area contributed by atoms with Crippen molar-refractivity contribution in [1.29, 1.82) is 0 Å². The fourth-order valence-corrected chi connectivity index (χ4v) is 3.09. The van der Waals surface area contributed by atoms with Gasteiger partial charge in [-0.2, -0.15) is 5.10 Å². The fraction of sp³-hybridized carbons (Fsp3) is 0.474. The van der Waals surface area contributed by atoms with Crippen molar-refractivity contribution in [2.24, 2.45) is 0 Å². The van der Waals surface area contributed by atoms with Crippen molar-refractivity contribution in [3.63, 3.8) is 0 Å². The largest absolute Gasteiger partial charge is 0.331 e. The standard InChI is InChI=1S/C19H27N5O/c1-3-22-9-11-23(12-10-22)19(25)21-16(2)18-13-20-24(15-18)14-17-7-5-4-6-8-17/h4-8,13,15-16H,3,9-12,14H2,1-2H3,(H,21,25)/t16-/m1/s1. The van der Waals surface area contributed by atoms with Gasteiger partial charge in [0.1, 0.15) is 0 Å². The molecular formula is C19H27N5O. The highest BCUT2D eigenvalue weighted by Gasteiger charge is 2.21. The Bertz CT molecular complexity index is 676. The van der Waals surface area contributed by atoms with Gasteiger partial charge in [-0.1, -0.05) is 37.3 Å². The molecule has 25 heavy (non-hydrogen) atoms. The van der Waals surface area contributed by atoms with Crippen LogP contribution >= 0.6 is 0 Å². The van der Waals surface area contributed by atoms with Gasteiger partial charge in [-0.3, -0.25) is 4.68 Å². The number of amides is 2. The van der Waals surface area contributed by atoms with Crippen LogP contribution in [0.4, 0.5) is 4.79 Å². The molecule has 0 saturated carbocycles. The van der Waals surface area contributed by atoms with Crippen LogP contribution in [0.25, 0.3) is 0 Å². The highest BCUT2D eigenvalue weighted by molar-refractivity contribution is 5.74. The molecule has 2 heterocycles. The molecule has 0 spiro atoms. The molecule has 1 saturated heterocycles. The summed E-state index contributed by atoms with van der Waals surface area (Å²) in [4.78, 5) is 16.7. The predicted molar refractivity (Wildman–Crippen MR) is 98.4 cm³/mol. The fourth-order valence-electron chi connectivity index (χ4n) is 3.09. The normalized spacial score (nSPS) is 16.6. The summed E-state index contributed by atoms with van der Waals surface area (Å²) in [6, 6.07) is 10.2. The molecule has 1 aromatic carbocycles. The van der Waals surface area contributed by atoms with Gasteiger partial charge in [-0.15, -0.1) is 0 Å². The van der Waals surface area contributed by atoms with Crippen LogP contribution < -0.4 is 5.32 Å². The first-order valence-electron chi connectivity index (χ1n) is 8.99. The number of urea groups is 1. The zero-order chi connectivity index (χ0) is 17.6. The van der Waals surface area contributed by atoms with Crippen LogP contribution in [-0.4, -0.2) is 58.3 Å². The first-order chi connectivity index (χ1) is 12.2. The van der Waals surface area contributed by atoms with Crippen molar-refractivity contribution in [2.75, 3.05) is 32.7 Å². The van der Waals surface area contributed by atoms with Gasteiger partial charge >= 0.3 is 6.03 Å². The van der Waals surface area contributed by atoms with E-state index in [1.165, 1.54) is 5.56 Å². The summed E-state index contributed by atoms with van der Waals surface area (Å²) in [6.45, 7) is 9.43. The van der Waals surface area contributed by atoms with E-state index in [9.17, 15) is 4.79 Å². The average Bonchev–Trinajstić information content (AvgIpc) is 3.11. The maximum Gasteiger partial charge on any atom is 0.317 e. The van der Waals surface area contributed by atoms with Crippen molar-refractivity contribution in [3.8, 4) is 0 Å². The average molecular weight is 341 g/mol. The quantitative estimate of drug-likeness (QED) is 0.908. The van der Waals surface area contributed by atoms with Crippen LogP contribution in [0.1, 0.15) is 31.0 Å². The van der Waals surface area contributed by atoms with Gasteiger partial charge in [0.15, 0.2) is 0 Å². The van der Waals surface area contributed by atoms with Crippen molar-refractivity contribution in [3.05, 3.63) is 53.9 Å². The van der Waals surface area contributed by atoms with Gasteiger partial charge in [0.2, 0.25) is 0 Å². The van der Waals surface area contributed by atoms with E-state index in [1.54, 1.807) is 0 Å². The molecule has 1 atom stereocenters. The minimum Gasteiger partial charge on any atom is -0.331 e. The highest BCUT2D eigenvalue weighted by atomic mass is 16.2. The third-order valence-electron chi connectivity index (χ3n) is 4.79. The molecule has 6 heteroatoms. The molecule has 2 aromatic rings. The van der Waals surface area contributed by atoms with Crippen LogP contribution in [0.3, 0.4) is 0 Å². The topological polar surface area (TPSA) is 53.4 Å². The van der Waals surface area contributed by atoms with Gasteiger partial charge < -0.3 is 15.1 Å². The summed E-state index contributed by atoms with van der Waals surface area (Å²) >= 11 is 0. The first-order valence-corrected chi connectivity index (χ1v) is 8.99. The Morgan fingerprint density at radius 3 is 2.60 bits per heavy atom. The third-order valence-corrected chi connectivity index (χ3v) is 4.79. The van der Waals surface area contributed by atoms with Gasteiger partial charge in [-0.25, -0.2) is 4.79 Å². The Morgan fingerprint density at radius 1 is 1.20 bits per heavy atom. The molecule has 1 aromatic heterocycles. The number of aromatic nitrogens is 2. The predicted octanol–water partition coefficient (Wildman–Crippen LogP) is 2.34. The lowest BCUT2D eigenvalue weighted by Crippen LogP contribution is -2.51. The Hall–Kier alpha value is -2.34. The number of piperazine rings is 1. The number of nitrogens with zero attached hydrogens (tertiary/aromatic N) is 4. The number of likely N-dealkylation sites (N-methyl/N-ethyl adjacent to an activating group) is 1. The van der Waals surface area contributed by atoms with Gasteiger partial charge in [0.25, 0.3) is 0 Å². The molecule has 0 aliphatic carbocycles. The van der Waals surface area contributed by atoms with Crippen molar-refractivity contribution < 1.29 is 4.79 Å². The van der Waals surface area contributed by atoms with E-state index in [2.05, 4.69) is 34.4 Å². The molecule has 3 rings (SSSR count). The van der Waals surface area contributed by atoms with E-state index in [1.807, 2.05) is 47.1 Å². The maximum atomic E-state index is 12.4. The summed E-state index contributed by atoms with van der Waals surface area (Å²) in [5.74, 6) is 0. The highest BCUT2D eigenvalue weighted by Crippen LogP contribution is 2.13. The van der Waals surface area contributed by atoms with Crippen LogP contribution in [-0.2, 0) is 6.54 Å². The number of nitrogens with one attached hydrogen (secondary N) is 1. The second-order valence-corrected chi connectivity index (χ2v) is 6.55. The molecule has 134 valence electrons. The summed E-state index contributed by atoms with van der Waals surface area (Å²) in [5, 5.41) is 7.51. The van der Waals surface area contributed by atoms with Crippen molar-refractivity contribution in [1.82, 2.24) is 24.9 Å². The smallest absolute Gasteiger partial charge is 0.317 e. The summed E-state index contributed by atoms with van der Waals surface area (Å²) in [6.07, 6.45) is 3.84. The molecule has 0 radical (unpaired) electrons. The summed E-state index contributed by atoms with van der Waals surface area (Å²) in [5.41, 5.74) is 2.24. The zero-order valence-electron chi connectivity index (χ0n) is 15.1. The molecule has 0 bridgehead atoms. The lowest BCUT2D eigenvalue weighted by Gasteiger charge is -2.34. The molecule has 1 aliphatic heterocycles. The van der Waals surface area contributed by atoms with E-state index < -0.39 is 0 Å². The molecule has 2 amide bonds. The van der Waals surface area contributed by atoms with Crippen molar-refractivity contribution >= 4 is 6.03 Å². The van der Waals surface area contributed by atoms with Gasteiger partial charge in [0, 0.05) is 37.9 Å². The molecule has 1 N–H and O–H groups in total. The number of hydrogen-bond donors (Lipinski definition) is 1. The molecule has 1 fully saturated rings. The molecular weight excluding hydrogens is 314 g/mol. The lowest BCUT2D eigenvalue weighted by atomic mass is 10.2.